The number of pyridine rings is 1. The number of nitrogens with zero attached hydrogens (tertiary/aromatic N) is 4. The van der Waals surface area contributed by atoms with Gasteiger partial charge in [0.15, 0.2) is 11.4 Å². The van der Waals surface area contributed by atoms with Gasteiger partial charge in [-0.2, -0.15) is 0 Å². The number of aromatic nitrogens is 2. The van der Waals surface area contributed by atoms with Crippen LogP contribution in [0.4, 0.5) is 21.5 Å². The average molecular weight is 948 g/mol. The number of carbonyl (C=O) groups excluding carboxylic acids is 1. The number of hydrogen-bond acceptors (Lipinski definition) is 11. The van der Waals surface area contributed by atoms with Crippen molar-refractivity contribution in [2.24, 2.45) is 16.7 Å². The van der Waals surface area contributed by atoms with Crippen LogP contribution in [0.3, 0.4) is 0 Å². The number of sulfonamides is 1. The Balaban J connectivity index is 0.874. The first-order valence-electron chi connectivity index (χ1n) is 24.3. The molecule has 5 aromatic rings. The maximum atomic E-state index is 14.8. The number of aryl methyl sites for hydroxylation is 1. The number of amides is 1. The minimum atomic E-state index is -4.69. The molecule has 10 rings (SSSR count). The number of nitro groups is 1. The largest absolute Gasteiger partial charge is 0.489 e. The smallest absolute Gasteiger partial charge is 0.297 e. The summed E-state index contributed by atoms with van der Waals surface area (Å²) >= 11 is 0. The number of benzene rings is 3. The Hall–Kier alpha value is -5.74. The molecule has 0 radical (unpaired) electrons. The monoisotopic (exact) mass is 947 g/mol. The SMILES string of the molecule is Cc1nc2[nH]cc(F)c2cc1Oc1cc(N2CCC3(CC2)CC(N2CCC[C@H]2c2ccccc2C(C)C)C3)ccc1C(=O)NS(=O)(=O)c1cc2c(c([N+](=O)[O-])c1)N[C@@H](C1CCC(C)(C)CC1)CO2. The minimum absolute atomic E-state index is 0.0246. The Morgan fingerprint density at radius 1 is 1.00 bits per heavy atom. The zero-order valence-corrected chi connectivity index (χ0v) is 40.4. The summed E-state index contributed by atoms with van der Waals surface area (Å²) in [7, 11) is -4.69. The molecular formula is C52H62FN7O7S. The van der Waals surface area contributed by atoms with E-state index in [9.17, 15) is 27.7 Å². The molecule has 2 aliphatic carbocycles. The Morgan fingerprint density at radius 2 is 1.75 bits per heavy atom. The van der Waals surface area contributed by atoms with Crippen LogP contribution in [0.25, 0.3) is 11.0 Å². The van der Waals surface area contributed by atoms with Crippen molar-refractivity contribution in [1.29, 1.82) is 0 Å². The number of halogens is 1. The minimum Gasteiger partial charge on any atom is -0.489 e. The average Bonchev–Trinajstić information content (AvgIpc) is 3.93. The lowest BCUT2D eigenvalue weighted by Crippen LogP contribution is -2.54. The van der Waals surface area contributed by atoms with Crippen molar-refractivity contribution in [3.8, 4) is 17.2 Å². The number of H-pyrrole nitrogens is 1. The van der Waals surface area contributed by atoms with E-state index in [1.807, 2.05) is 0 Å². The number of nitrogens with one attached hydrogen (secondary N) is 3. The van der Waals surface area contributed by atoms with Crippen LogP contribution < -0.4 is 24.4 Å². The molecule has 2 atom stereocenters. The van der Waals surface area contributed by atoms with Gasteiger partial charge in [0.05, 0.1) is 32.5 Å². The second kappa shape index (κ2) is 17.7. The van der Waals surface area contributed by atoms with Crippen molar-refractivity contribution < 1.29 is 32.0 Å². The predicted octanol–water partition coefficient (Wildman–Crippen LogP) is 10.9. The molecule has 4 fully saturated rings. The summed E-state index contributed by atoms with van der Waals surface area (Å²) in [6.45, 7) is 13.7. The molecule has 5 heterocycles. The molecule has 3 N–H and O–H groups in total. The van der Waals surface area contributed by atoms with Crippen LogP contribution in [0.5, 0.6) is 17.2 Å². The summed E-state index contributed by atoms with van der Waals surface area (Å²) in [5.41, 5.74) is 4.52. The summed E-state index contributed by atoms with van der Waals surface area (Å²) in [5.74, 6) is -0.558. The Bertz CT molecular complexity index is 2880. The molecule has 360 valence electrons. The molecule has 3 aliphatic heterocycles. The van der Waals surface area contributed by atoms with Gasteiger partial charge in [-0.3, -0.25) is 19.8 Å². The van der Waals surface area contributed by atoms with Gasteiger partial charge in [-0.25, -0.2) is 22.5 Å². The maximum Gasteiger partial charge on any atom is 0.297 e. The lowest BCUT2D eigenvalue weighted by atomic mass is 9.59. The fourth-order valence-electron chi connectivity index (χ4n) is 11.9. The standard InChI is InChI=1S/C52H62FN7O7S/c1-31(2)37-9-6-7-10-38(37)43-11-8-20-59(43)35-27-52(28-35)18-21-58(22-19-52)34-12-13-39(46(23-34)67-45-26-40-41(53)29-54-49(40)55-32(45)3)50(61)57-68(64,65)36-24-44(60(62)63)48-47(25-36)66-30-42(56-48)33-14-16-51(4,5)17-15-33/h6-7,9-10,12-13,23-26,29,31,33,35,42-43,56H,8,11,14-22,27-28,30H2,1-5H3,(H,54,55)(H,57,61)/t42-,43+/m1/s1. The summed E-state index contributed by atoms with van der Waals surface area (Å²) < 4.78 is 57.5. The third kappa shape index (κ3) is 8.78. The fraction of sp³-hybridized carbons (Fsp3) is 0.500. The van der Waals surface area contributed by atoms with E-state index in [2.05, 4.69) is 81.8 Å². The lowest BCUT2D eigenvalue weighted by Gasteiger charge is -2.56. The molecule has 5 aliphatic rings. The lowest BCUT2D eigenvalue weighted by molar-refractivity contribution is -0.384. The van der Waals surface area contributed by atoms with Crippen molar-refractivity contribution in [2.75, 3.05) is 36.5 Å². The molecular weight excluding hydrogens is 886 g/mol. The third-order valence-corrected chi connectivity index (χ3v) is 17.3. The maximum absolute atomic E-state index is 14.8. The van der Waals surface area contributed by atoms with Crippen LogP contribution in [0.2, 0.25) is 0 Å². The van der Waals surface area contributed by atoms with Crippen LogP contribution >= 0.6 is 0 Å². The van der Waals surface area contributed by atoms with Crippen LogP contribution in [0.15, 0.2) is 71.8 Å². The van der Waals surface area contributed by atoms with Crippen molar-refractivity contribution in [3.63, 3.8) is 0 Å². The molecule has 16 heteroatoms. The number of aromatic amines is 1. The van der Waals surface area contributed by atoms with Gasteiger partial charge in [0.25, 0.3) is 21.6 Å². The van der Waals surface area contributed by atoms with Gasteiger partial charge in [-0.05, 0) is 130 Å². The molecule has 3 aromatic carbocycles. The zero-order valence-electron chi connectivity index (χ0n) is 39.6. The number of likely N-dealkylation sites (tertiary alicyclic amines) is 1. The van der Waals surface area contributed by atoms with E-state index >= 15 is 0 Å². The quantitative estimate of drug-likeness (QED) is 0.0850. The molecule has 0 bridgehead atoms. The number of piperidine rings is 1. The highest BCUT2D eigenvalue weighted by molar-refractivity contribution is 7.90. The number of nitro benzene ring substituents is 1. The highest BCUT2D eigenvalue weighted by Crippen LogP contribution is 2.54. The molecule has 14 nitrogen and oxygen atoms in total. The number of rotatable bonds is 11. The van der Waals surface area contributed by atoms with Crippen molar-refractivity contribution >= 4 is 44.0 Å². The van der Waals surface area contributed by atoms with Crippen LogP contribution in [0.1, 0.15) is 131 Å². The van der Waals surface area contributed by atoms with E-state index in [0.717, 1.165) is 69.9 Å². The number of anilines is 2. The molecule has 68 heavy (non-hydrogen) atoms. The molecule has 1 spiro atoms. The highest BCUT2D eigenvalue weighted by Gasteiger charge is 2.50. The second-order valence-corrected chi connectivity index (χ2v) is 22.9. The summed E-state index contributed by atoms with van der Waals surface area (Å²) in [4.78, 5) is 37.8. The number of carbonyl (C=O) groups is 1. The summed E-state index contributed by atoms with van der Waals surface area (Å²) in [6.07, 6.45) is 11.9. The number of ether oxygens (including phenoxy) is 2. The van der Waals surface area contributed by atoms with Gasteiger partial charge in [0.2, 0.25) is 0 Å². The van der Waals surface area contributed by atoms with E-state index in [0.29, 0.717) is 29.3 Å². The van der Waals surface area contributed by atoms with Crippen LogP contribution in [0, 0.1) is 39.6 Å². The van der Waals surface area contributed by atoms with E-state index in [1.165, 1.54) is 61.2 Å². The first kappa shape index (κ1) is 46.0. The summed E-state index contributed by atoms with van der Waals surface area (Å²) in [5, 5.41) is 15.9. The van der Waals surface area contributed by atoms with Gasteiger partial charge in [-0.1, -0.05) is 52.0 Å². The first-order chi connectivity index (χ1) is 32.5. The Morgan fingerprint density at radius 3 is 2.49 bits per heavy atom. The van der Waals surface area contributed by atoms with Crippen LogP contribution in [-0.4, -0.2) is 72.4 Å². The van der Waals surface area contributed by atoms with E-state index in [-0.39, 0.29) is 63.3 Å². The zero-order chi connectivity index (χ0) is 47.7. The molecule has 2 aromatic heterocycles. The molecule has 2 saturated carbocycles. The fourth-order valence-corrected chi connectivity index (χ4v) is 12.9. The Kier molecular flexibility index (Phi) is 11.9. The first-order valence-corrected chi connectivity index (χ1v) is 25.8. The van der Waals surface area contributed by atoms with Crippen molar-refractivity contribution in [2.45, 2.75) is 128 Å². The second-order valence-electron chi connectivity index (χ2n) is 21.2. The molecule has 0 unspecified atom stereocenters. The molecule has 2 saturated heterocycles. The molecule has 1 amide bonds. The summed E-state index contributed by atoms with van der Waals surface area (Å²) in [6, 6.07) is 18.5. The number of hydrogen-bond donors (Lipinski definition) is 3. The Labute approximate surface area is 397 Å². The highest BCUT2D eigenvalue weighted by atomic mass is 32.2. The van der Waals surface area contributed by atoms with Gasteiger partial charge >= 0.3 is 0 Å². The van der Waals surface area contributed by atoms with Crippen molar-refractivity contribution in [3.05, 3.63) is 105 Å². The third-order valence-electron chi connectivity index (χ3n) is 15.9. The predicted molar refractivity (Wildman–Crippen MR) is 260 cm³/mol. The van der Waals surface area contributed by atoms with Crippen molar-refractivity contribution in [1.82, 2.24) is 19.6 Å². The topological polar surface area (TPSA) is 172 Å². The van der Waals surface area contributed by atoms with Gasteiger partial charge in [0, 0.05) is 55.3 Å². The number of fused-ring (bicyclic) bond motifs is 2. The van der Waals surface area contributed by atoms with E-state index in [4.69, 9.17) is 9.47 Å². The van der Waals surface area contributed by atoms with Crippen LogP contribution in [-0.2, 0) is 10.0 Å². The van der Waals surface area contributed by atoms with E-state index in [1.54, 1.807) is 19.1 Å². The van der Waals surface area contributed by atoms with Gasteiger partial charge in [-0.15, -0.1) is 0 Å². The normalized spacial score (nSPS) is 21.8. The van der Waals surface area contributed by atoms with Gasteiger partial charge in [0.1, 0.15) is 29.6 Å². The van der Waals surface area contributed by atoms with E-state index < -0.39 is 37.3 Å². The van der Waals surface area contributed by atoms with Gasteiger partial charge < -0.3 is 24.7 Å².